The highest BCUT2D eigenvalue weighted by atomic mass is 32.1. The van der Waals surface area contributed by atoms with Gasteiger partial charge in [-0.2, -0.15) is 0 Å². The molecule has 5 aliphatic carbocycles. The highest BCUT2D eigenvalue weighted by molar-refractivity contribution is 7.26. The van der Waals surface area contributed by atoms with Crippen LogP contribution < -0.4 is 0 Å². The monoisotopic (exact) mass is 805 g/mol. The summed E-state index contributed by atoms with van der Waals surface area (Å²) in [5.41, 5.74) is 11.5. The van der Waals surface area contributed by atoms with Crippen LogP contribution in [0.4, 0.5) is 0 Å². The molecule has 3 aromatic heterocycles. The quantitative estimate of drug-likeness (QED) is 0.178. The van der Waals surface area contributed by atoms with E-state index in [-0.39, 0.29) is 5.41 Å². The molecule has 7 aromatic carbocycles. The third kappa shape index (κ3) is 4.62. The predicted octanol–water partition coefficient (Wildman–Crippen LogP) is 15.0. The molecule has 4 fully saturated rings. The third-order valence-corrected chi connectivity index (χ3v) is 17.4. The van der Waals surface area contributed by atoms with Gasteiger partial charge < -0.3 is 0 Å². The average Bonchev–Trinajstić information content (AvgIpc) is 3.97. The Kier molecular flexibility index (Phi) is 7.04. The maximum Gasteiger partial charge on any atom is 0.164 e. The summed E-state index contributed by atoms with van der Waals surface area (Å²) in [6, 6.07) is 55.8. The number of rotatable bonds is 4. The van der Waals surface area contributed by atoms with Crippen LogP contribution in [0.1, 0.15) is 43.2 Å². The van der Waals surface area contributed by atoms with Gasteiger partial charge in [0.15, 0.2) is 17.5 Å². The topological polar surface area (TPSA) is 38.7 Å². The first-order valence-electron chi connectivity index (χ1n) is 21.6. The van der Waals surface area contributed by atoms with Crippen molar-refractivity contribution in [2.75, 3.05) is 0 Å². The second-order valence-corrected chi connectivity index (χ2v) is 20.0. The molecule has 4 saturated carbocycles. The summed E-state index contributed by atoms with van der Waals surface area (Å²) in [5.74, 6) is 5.16. The lowest BCUT2D eigenvalue weighted by Crippen LogP contribution is -2.55. The normalized spacial score (nSPS) is 22.4. The van der Waals surface area contributed by atoms with Gasteiger partial charge in [-0.1, -0.05) is 140 Å². The molecule has 10 aromatic rings. The van der Waals surface area contributed by atoms with Crippen molar-refractivity contribution in [3.05, 3.63) is 163 Å². The van der Waals surface area contributed by atoms with Gasteiger partial charge in [0.25, 0.3) is 0 Å². The van der Waals surface area contributed by atoms with Crippen molar-refractivity contribution in [3.63, 3.8) is 0 Å². The van der Waals surface area contributed by atoms with Crippen molar-refractivity contribution in [2.24, 2.45) is 23.7 Å². The summed E-state index contributed by atoms with van der Waals surface area (Å²) >= 11 is 3.85. The summed E-state index contributed by atoms with van der Waals surface area (Å²) in [5, 5.41) is 5.38. The van der Waals surface area contributed by atoms with Crippen molar-refractivity contribution in [3.8, 4) is 56.4 Å². The van der Waals surface area contributed by atoms with E-state index in [1.54, 1.807) is 5.56 Å². The van der Waals surface area contributed by atoms with Crippen LogP contribution in [-0.4, -0.2) is 15.0 Å². The molecular formula is C55H39N3S2. The maximum atomic E-state index is 5.50. The minimum atomic E-state index is -0.0476. The summed E-state index contributed by atoms with van der Waals surface area (Å²) in [6.45, 7) is 0. The van der Waals surface area contributed by atoms with Gasteiger partial charge in [-0.15, -0.1) is 22.7 Å². The molecule has 0 amide bonds. The van der Waals surface area contributed by atoms with Gasteiger partial charge in [-0.3, -0.25) is 0 Å². The lowest BCUT2D eigenvalue weighted by atomic mass is 9.43. The molecule has 0 aliphatic heterocycles. The average molecular weight is 806 g/mol. The SMILES string of the molecule is c1ccc(-c2nc(-c3ccc(-c4cccc5c4sc4ccccc45)cc3)nc(-c3cccc4c3C3(c5ccc6c(sc7ccccc76)c5-4)C4CC5CC(C4)CC3C5)n2)cc1. The predicted molar refractivity (Wildman–Crippen MR) is 251 cm³/mol. The minimum Gasteiger partial charge on any atom is -0.208 e. The lowest BCUT2D eigenvalue weighted by molar-refractivity contribution is -0.0397. The summed E-state index contributed by atoms with van der Waals surface area (Å²) in [7, 11) is 0. The van der Waals surface area contributed by atoms with Crippen LogP contribution >= 0.6 is 22.7 Å². The molecule has 4 bridgehead atoms. The van der Waals surface area contributed by atoms with Gasteiger partial charge in [-0.05, 0) is 95.7 Å². The second-order valence-electron chi connectivity index (χ2n) is 17.9. The number of fused-ring (bicyclic) bond motifs is 10. The van der Waals surface area contributed by atoms with Crippen LogP contribution in [-0.2, 0) is 5.41 Å². The number of aromatic nitrogens is 3. The van der Waals surface area contributed by atoms with Crippen molar-refractivity contribution in [1.29, 1.82) is 0 Å². The molecule has 60 heavy (non-hydrogen) atoms. The van der Waals surface area contributed by atoms with E-state index in [0.29, 0.717) is 23.5 Å². The maximum absolute atomic E-state index is 5.50. The first-order chi connectivity index (χ1) is 29.7. The molecule has 1 spiro atoms. The molecule has 0 radical (unpaired) electrons. The zero-order chi connectivity index (χ0) is 39.1. The molecule has 286 valence electrons. The first kappa shape index (κ1) is 33.8. The summed E-state index contributed by atoms with van der Waals surface area (Å²) < 4.78 is 5.45. The Morgan fingerprint density at radius 2 is 0.933 bits per heavy atom. The van der Waals surface area contributed by atoms with Crippen molar-refractivity contribution in [2.45, 2.75) is 37.5 Å². The fraction of sp³-hybridized carbons (Fsp3) is 0.182. The van der Waals surface area contributed by atoms with Crippen LogP contribution in [0.15, 0.2) is 152 Å². The molecule has 0 N–H and O–H groups in total. The number of hydrogen-bond donors (Lipinski definition) is 0. The van der Waals surface area contributed by atoms with E-state index >= 15 is 0 Å². The highest BCUT2D eigenvalue weighted by Gasteiger charge is 2.62. The third-order valence-electron chi connectivity index (χ3n) is 14.9. The van der Waals surface area contributed by atoms with E-state index < -0.39 is 0 Å². The van der Waals surface area contributed by atoms with E-state index in [0.717, 1.165) is 28.8 Å². The minimum absolute atomic E-state index is 0.0476. The molecule has 3 heterocycles. The number of benzene rings is 7. The van der Waals surface area contributed by atoms with Crippen molar-refractivity contribution < 1.29 is 0 Å². The second kappa shape index (κ2) is 12.5. The number of hydrogen-bond acceptors (Lipinski definition) is 5. The van der Waals surface area contributed by atoms with Gasteiger partial charge in [0, 0.05) is 68.0 Å². The summed E-state index contributed by atoms with van der Waals surface area (Å²) in [4.78, 5) is 16.2. The summed E-state index contributed by atoms with van der Waals surface area (Å²) in [6.07, 6.45) is 6.72. The van der Waals surface area contributed by atoms with E-state index in [1.165, 1.54) is 106 Å². The Bertz CT molecular complexity index is 3370. The van der Waals surface area contributed by atoms with Gasteiger partial charge in [0.2, 0.25) is 0 Å². The molecule has 0 atom stereocenters. The highest BCUT2D eigenvalue weighted by Crippen LogP contribution is 2.71. The fourth-order valence-corrected chi connectivity index (χ4v) is 15.3. The van der Waals surface area contributed by atoms with Crippen LogP contribution in [0.5, 0.6) is 0 Å². The Morgan fingerprint density at radius 1 is 0.400 bits per heavy atom. The zero-order valence-electron chi connectivity index (χ0n) is 32.9. The van der Waals surface area contributed by atoms with E-state index in [9.17, 15) is 0 Å². The molecular weight excluding hydrogens is 767 g/mol. The lowest BCUT2D eigenvalue weighted by Gasteiger charge is -2.61. The standard InChI is InChI=1S/C55H39N3S2/c1-2-10-34(11-3-1)52-56-53(35-22-20-33(21-23-35)38-14-8-15-41-39-12-4-6-18-46(39)59-50(38)41)58-54(57-52)44-17-9-16-43-48-45(25-24-42-40-13-5-7-19-47(40)60-51(42)48)55(49(43)44)36-27-31-26-32(29-36)30-37(55)28-31/h1-25,31-32,36-37H,26-30H2. The van der Waals surface area contributed by atoms with Crippen LogP contribution in [0.25, 0.3) is 96.8 Å². The van der Waals surface area contributed by atoms with Crippen LogP contribution in [0, 0.1) is 23.7 Å². The number of thiophene rings is 2. The Labute approximate surface area is 356 Å². The van der Waals surface area contributed by atoms with E-state index in [2.05, 4.69) is 152 Å². The van der Waals surface area contributed by atoms with Gasteiger partial charge in [-0.25, -0.2) is 15.0 Å². The van der Waals surface area contributed by atoms with Gasteiger partial charge >= 0.3 is 0 Å². The smallest absolute Gasteiger partial charge is 0.164 e. The zero-order valence-corrected chi connectivity index (χ0v) is 34.6. The van der Waals surface area contributed by atoms with Crippen molar-refractivity contribution >= 4 is 63.0 Å². The van der Waals surface area contributed by atoms with Gasteiger partial charge in [0.05, 0.1) is 0 Å². The molecule has 5 aliphatic rings. The van der Waals surface area contributed by atoms with Gasteiger partial charge in [0.1, 0.15) is 0 Å². The van der Waals surface area contributed by atoms with E-state index in [1.807, 2.05) is 22.7 Å². The Balaban J connectivity index is 0.977. The molecule has 15 rings (SSSR count). The Hall–Kier alpha value is -6.01. The Morgan fingerprint density at radius 3 is 1.65 bits per heavy atom. The molecule has 3 nitrogen and oxygen atoms in total. The first-order valence-corrected chi connectivity index (χ1v) is 23.2. The fourth-order valence-electron chi connectivity index (χ4n) is 12.8. The van der Waals surface area contributed by atoms with Crippen molar-refractivity contribution in [1.82, 2.24) is 15.0 Å². The van der Waals surface area contributed by atoms with Crippen LogP contribution in [0.2, 0.25) is 0 Å². The van der Waals surface area contributed by atoms with E-state index in [4.69, 9.17) is 15.0 Å². The van der Waals surface area contributed by atoms with Crippen LogP contribution in [0.3, 0.4) is 0 Å². The molecule has 5 heteroatoms. The molecule has 0 saturated heterocycles. The molecule has 0 unspecified atom stereocenters. The largest absolute Gasteiger partial charge is 0.208 e. The number of nitrogens with zero attached hydrogens (tertiary/aromatic N) is 3.